The summed E-state index contributed by atoms with van der Waals surface area (Å²) in [5.74, 6) is 3.43. The van der Waals surface area contributed by atoms with Crippen LogP contribution >= 0.6 is 0 Å². The van der Waals surface area contributed by atoms with Gasteiger partial charge in [-0.25, -0.2) is 4.39 Å². The lowest BCUT2D eigenvalue weighted by Crippen LogP contribution is -2.25. The van der Waals surface area contributed by atoms with E-state index < -0.39 is 0 Å². The van der Waals surface area contributed by atoms with Crippen LogP contribution in [0.3, 0.4) is 0 Å². The van der Waals surface area contributed by atoms with Crippen molar-refractivity contribution in [2.75, 3.05) is 0 Å². The molecule has 2 fully saturated rings. The van der Waals surface area contributed by atoms with E-state index in [0.29, 0.717) is 5.92 Å². The summed E-state index contributed by atoms with van der Waals surface area (Å²) in [5, 5.41) is 0. The normalized spacial score (nSPS) is 31.7. The van der Waals surface area contributed by atoms with E-state index in [1.54, 1.807) is 12.1 Å². The van der Waals surface area contributed by atoms with Gasteiger partial charge in [0.25, 0.3) is 0 Å². The van der Waals surface area contributed by atoms with Crippen LogP contribution in [0.25, 0.3) is 0 Å². The third kappa shape index (κ3) is 4.46. The van der Waals surface area contributed by atoms with E-state index >= 15 is 0 Å². The minimum absolute atomic E-state index is 0.115. The molecule has 0 saturated heterocycles. The Morgan fingerprint density at radius 3 is 2.00 bits per heavy atom. The van der Waals surface area contributed by atoms with E-state index in [1.807, 2.05) is 12.1 Å². The second-order valence-corrected chi connectivity index (χ2v) is 7.81. The summed E-state index contributed by atoms with van der Waals surface area (Å²) >= 11 is 0. The van der Waals surface area contributed by atoms with Gasteiger partial charge in [-0.15, -0.1) is 6.58 Å². The van der Waals surface area contributed by atoms with Gasteiger partial charge in [-0.05, 0) is 92.7 Å². The maximum atomic E-state index is 13.1. The standard InChI is InChI=1S/C22H31F/c1-2-3-4-17-5-7-18(8-6-17)19-9-11-20(12-10-19)21-13-15-22(23)16-14-21/h2,13-20H,1,3-12H2/t17-,18-,19-,20-. The van der Waals surface area contributed by atoms with Gasteiger partial charge in [0.1, 0.15) is 5.82 Å². The molecule has 0 spiro atoms. The second-order valence-electron chi connectivity index (χ2n) is 7.81. The monoisotopic (exact) mass is 314 g/mol. The van der Waals surface area contributed by atoms with Crippen molar-refractivity contribution >= 4 is 0 Å². The Morgan fingerprint density at radius 1 is 0.870 bits per heavy atom. The van der Waals surface area contributed by atoms with E-state index in [-0.39, 0.29) is 5.82 Å². The zero-order valence-electron chi connectivity index (χ0n) is 14.4. The van der Waals surface area contributed by atoms with Gasteiger partial charge in [-0.1, -0.05) is 31.1 Å². The Labute approximate surface area is 141 Å². The molecule has 0 atom stereocenters. The summed E-state index contributed by atoms with van der Waals surface area (Å²) in [6.07, 6.45) is 15.8. The van der Waals surface area contributed by atoms with Crippen molar-refractivity contribution in [3.05, 3.63) is 48.3 Å². The molecule has 1 aromatic rings. The molecule has 1 aromatic carbocycles. The Morgan fingerprint density at radius 2 is 1.43 bits per heavy atom. The first-order valence-corrected chi connectivity index (χ1v) is 9.62. The largest absolute Gasteiger partial charge is 0.207 e. The molecule has 0 aromatic heterocycles. The molecule has 2 aliphatic carbocycles. The van der Waals surface area contributed by atoms with Crippen LogP contribution in [0.5, 0.6) is 0 Å². The van der Waals surface area contributed by atoms with Gasteiger partial charge < -0.3 is 0 Å². The summed E-state index contributed by atoms with van der Waals surface area (Å²) in [7, 11) is 0. The summed E-state index contributed by atoms with van der Waals surface area (Å²) in [5.41, 5.74) is 1.35. The third-order valence-electron chi connectivity index (χ3n) is 6.45. The minimum atomic E-state index is -0.115. The molecule has 0 N–H and O–H groups in total. The zero-order valence-corrected chi connectivity index (χ0v) is 14.4. The smallest absolute Gasteiger partial charge is 0.123 e. The maximum Gasteiger partial charge on any atom is 0.123 e. The van der Waals surface area contributed by atoms with E-state index in [2.05, 4.69) is 12.7 Å². The molecular formula is C22H31F. The number of allylic oxidation sites excluding steroid dienone is 1. The molecule has 2 saturated carbocycles. The molecule has 0 aliphatic heterocycles. The summed E-state index contributed by atoms with van der Waals surface area (Å²) in [6, 6.07) is 7.22. The highest BCUT2D eigenvalue weighted by Crippen LogP contribution is 2.44. The molecule has 2 aliphatic rings. The van der Waals surface area contributed by atoms with Gasteiger partial charge in [0.05, 0.1) is 0 Å². The van der Waals surface area contributed by atoms with Crippen molar-refractivity contribution in [3.63, 3.8) is 0 Å². The molecule has 0 bridgehead atoms. The van der Waals surface area contributed by atoms with E-state index in [1.165, 1.54) is 69.8 Å². The lowest BCUT2D eigenvalue weighted by molar-refractivity contribution is 0.157. The van der Waals surface area contributed by atoms with Crippen LogP contribution in [0.2, 0.25) is 0 Å². The second kappa shape index (κ2) is 8.13. The van der Waals surface area contributed by atoms with Gasteiger partial charge in [-0.3, -0.25) is 0 Å². The van der Waals surface area contributed by atoms with Gasteiger partial charge in [0, 0.05) is 0 Å². The van der Waals surface area contributed by atoms with Crippen LogP contribution in [0, 0.1) is 23.6 Å². The molecule has 126 valence electrons. The third-order valence-corrected chi connectivity index (χ3v) is 6.45. The maximum absolute atomic E-state index is 13.1. The Hall–Kier alpha value is -1.11. The highest BCUT2D eigenvalue weighted by molar-refractivity contribution is 5.20. The molecule has 23 heavy (non-hydrogen) atoms. The summed E-state index contributed by atoms with van der Waals surface area (Å²) in [4.78, 5) is 0. The topological polar surface area (TPSA) is 0 Å². The summed E-state index contributed by atoms with van der Waals surface area (Å²) in [6.45, 7) is 3.85. The van der Waals surface area contributed by atoms with Gasteiger partial charge >= 0.3 is 0 Å². The summed E-state index contributed by atoms with van der Waals surface area (Å²) < 4.78 is 13.1. The van der Waals surface area contributed by atoms with Crippen LogP contribution in [0.4, 0.5) is 4.39 Å². The van der Waals surface area contributed by atoms with Crippen LogP contribution in [0.1, 0.15) is 75.7 Å². The van der Waals surface area contributed by atoms with Crippen molar-refractivity contribution < 1.29 is 4.39 Å². The van der Waals surface area contributed by atoms with Crippen LogP contribution in [-0.2, 0) is 0 Å². The molecule has 3 rings (SSSR count). The molecule has 0 nitrogen and oxygen atoms in total. The molecule has 0 amide bonds. The fourth-order valence-electron chi connectivity index (χ4n) is 4.96. The van der Waals surface area contributed by atoms with Crippen LogP contribution < -0.4 is 0 Å². The van der Waals surface area contributed by atoms with Crippen molar-refractivity contribution in [2.45, 2.75) is 70.1 Å². The van der Waals surface area contributed by atoms with Crippen molar-refractivity contribution in [2.24, 2.45) is 17.8 Å². The van der Waals surface area contributed by atoms with Crippen LogP contribution in [-0.4, -0.2) is 0 Å². The molecule has 1 heteroatoms. The van der Waals surface area contributed by atoms with Gasteiger partial charge in [0.15, 0.2) is 0 Å². The van der Waals surface area contributed by atoms with E-state index in [0.717, 1.165) is 17.8 Å². The predicted molar refractivity (Wildman–Crippen MR) is 96.0 cm³/mol. The van der Waals surface area contributed by atoms with Gasteiger partial charge in [0.2, 0.25) is 0 Å². The predicted octanol–water partition coefficient (Wildman–Crippen LogP) is 6.87. The number of halogens is 1. The number of benzene rings is 1. The lowest BCUT2D eigenvalue weighted by atomic mass is 9.68. The van der Waals surface area contributed by atoms with Crippen molar-refractivity contribution in [1.29, 1.82) is 0 Å². The first kappa shape index (κ1) is 16.7. The molecule has 0 unspecified atom stereocenters. The Balaban J connectivity index is 1.44. The first-order valence-electron chi connectivity index (χ1n) is 9.62. The van der Waals surface area contributed by atoms with Crippen molar-refractivity contribution in [1.82, 2.24) is 0 Å². The molecule has 0 heterocycles. The van der Waals surface area contributed by atoms with Gasteiger partial charge in [-0.2, -0.15) is 0 Å². The SMILES string of the molecule is C=CCC[C@H]1CC[C@H]([C@H]2CC[C@H](c3ccc(F)cc3)CC2)CC1. The average molecular weight is 314 g/mol. The zero-order chi connectivity index (χ0) is 16.1. The van der Waals surface area contributed by atoms with E-state index in [9.17, 15) is 4.39 Å². The fraction of sp³-hybridized carbons (Fsp3) is 0.636. The highest BCUT2D eigenvalue weighted by atomic mass is 19.1. The number of hydrogen-bond acceptors (Lipinski definition) is 0. The Kier molecular flexibility index (Phi) is 5.91. The minimum Gasteiger partial charge on any atom is -0.207 e. The number of rotatable bonds is 5. The quantitative estimate of drug-likeness (QED) is 0.520. The molecular weight excluding hydrogens is 283 g/mol. The van der Waals surface area contributed by atoms with E-state index in [4.69, 9.17) is 0 Å². The van der Waals surface area contributed by atoms with Crippen LogP contribution in [0.15, 0.2) is 36.9 Å². The molecule has 0 radical (unpaired) electrons. The first-order chi connectivity index (χ1) is 11.3. The lowest BCUT2D eigenvalue weighted by Gasteiger charge is -2.38. The highest BCUT2D eigenvalue weighted by Gasteiger charge is 2.31. The Bertz CT molecular complexity index is 473. The van der Waals surface area contributed by atoms with Crippen molar-refractivity contribution in [3.8, 4) is 0 Å². The average Bonchev–Trinajstić information content (AvgIpc) is 2.61. The fourth-order valence-corrected chi connectivity index (χ4v) is 4.96. The number of hydrogen-bond donors (Lipinski definition) is 0.